The van der Waals surface area contributed by atoms with Crippen LogP contribution in [0.3, 0.4) is 0 Å². The lowest BCUT2D eigenvalue weighted by molar-refractivity contribution is -0.136. The Kier molecular flexibility index (Phi) is 6.80. The Labute approximate surface area is 179 Å². The SMILES string of the molecule is CCN1CCC[C@@H]1CNC(=O)C1(Cc2ccc(-c3cccnc3)cc2)CCOCC1. The fraction of sp³-hybridized carbons (Fsp3) is 0.520. The molecule has 30 heavy (non-hydrogen) atoms. The van der Waals surface area contributed by atoms with Crippen molar-refractivity contribution < 1.29 is 9.53 Å². The molecule has 4 rings (SSSR count). The summed E-state index contributed by atoms with van der Waals surface area (Å²) in [5, 5.41) is 3.31. The summed E-state index contributed by atoms with van der Waals surface area (Å²) in [4.78, 5) is 20.1. The van der Waals surface area contributed by atoms with E-state index < -0.39 is 0 Å². The van der Waals surface area contributed by atoms with Gasteiger partial charge in [0, 0.05) is 38.2 Å². The van der Waals surface area contributed by atoms with Gasteiger partial charge in [-0.2, -0.15) is 0 Å². The van der Waals surface area contributed by atoms with Crippen LogP contribution in [-0.2, 0) is 16.0 Å². The number of carbonyl (C=O) groups is 1. The molecule has 0 aliphatic carbocycles. The minimum absolute atomic E-state index is 0.199. The van der Waals surface area contributed by atoms with Crippen molar-refractivity contribution in [3.63, 3.8) is 0 Å². The van der Waals surface area contributed by atoms with Crippen LogP contribution >= 0.6 is 0 Å². The summed E-state index contributed by atoms with van der Waals surface area (Å²) >= 11 is 0. The van der Waals surface area contributed by atoms with Crippen molar-refractivity contribution in [2.45, 2.75) is 45.1 Å². The smallest absolute Gasteiger partial charge is 0.226 e. The van der Waals surface area contributed by atoms with E-state index in [-0.39, 0.29) is 11.3 Å². The van der Waals surface area contributed by atoms with Crippen LogP contribution in [0.4, 0.5) is 0 Å². The normalized spacial score (nSPS) is 21.4. The molecule has 0 bridgehead atoms. The van der Waals surface area contributed by atoms with Crippen molar-refractivity contribution in [2.75, 3.05) is 32.8 Å². The van der Waals surface area contributed by atoms with Crippen molar-refractivity contribution in [1.29, 1.82) is 0 Å². The second kappa shape index (κ2) is 9.71. The molecule has 2 fully saturated rings. The van der Waals surface area contributed by atoms with E-state index in [2.05, 4.69) is 52.5 Å². The third-order valence-corrected chi connectivity index (χ3v) is 6.83. The molecule has 1 aromatic heterocycles. The van der Waals surface area contributed by atoms with Crippen molar-refractivity contribution >= 4 is 5.91 Å². The zero-order valence-corrected chi connectivity index (χ0v) is 18.0. The molecule has 0 radical (unpaired) electrons. The quantitative estimate of drug-likeness (QED) is 0.761. The molecule has 1 amide bonds. The van der Waals surface area contributed by atoms with E-state index in [1.165, 1.54) is 18.4 Å². The van der Waals surface area contributed by atoms with Crippen molar-refractivity contribution in [3.05, 3.63) is 54.4 Å². The average molecular weight is 408 g/mol. The highest BCUT2D eigenvalue weighted by molar-refractivity contribution is 5.83. The predicted molar refractivity (Wildman–Crippen MR) is 119 cm³/mol. The fourth-order valence-corrected chi connectivity index (χ4v) is 4.93. The Morgan fingerprint density at radius 2 is 2.00 bits per heavy atom. The summed E-state index contributed by atoms with van der Waals surface area (Å²) in [5.41, 5.74) is 3.09. The maximum Gasteiger partial charge on any atom is 0.226 e. The number of likely N-dealkylation sites (N-methyl/N-ethyl adjacent to an activating group) is 1. The van der Waals surface area contributed by atoms with Crippen LogP contribution in [-0.4, -0.2) is 54.7 Å². The van der Waals surface area contributed by atoms with Gasteiger partial charge in [0.2, 0.25) is 5.91 Å². The van der Waals surface area contributed by atoms with E-state index >= 15 is 0 Å². The second-order valence-electron chi connectivity index (χ2n) is 8.64. The number of aromatic nitrogens is 1. The Bertz CT molecular complexity index is 816. The molecule has 160 valence electrons. The molecule has 3 heterocycles. The number of benzene rings is 1. The molecule has 2 aliphatic rings. The first-order valence-corrected chi connectivity index (χ1v) is 11.3. The maximum absolute atomic E-state index is 13.4. The van der Waals surface area contributed by atoms with Crippen LogP contribution in [0.25, 0.3) is 11.1 Å². The molecule has 1 aromatic carbocycles. The van der Waals surface area contributed by atoms with Gasteiger partial charge in [-0.15, -0.1) is 0 Å². The van der Waals surface area contributed by atoms with E-state index in [1.807, 2.05) is 12.3 Å². The van der Waals surface area contributed by atoms with Crippen LogP contribution < -0.4 is 5.32 Å². The maximum atomic E-state index is 13.4. The molecule has 2 saturated heterocycles. The summed E-state index contributed by atoms with van der Waals surface area (Å²) in [7, 11) is 0. The number of nitrogens with zero attached hydrogens (tertiary/aromatic N) is 2. The molecular formula is C25H33N3O2. The largest absolute Gasteiger partial charge is 0.381 e. The highest BCUT2D eigenvalue weighted by atomic mass is 16.5. The topological polar surface area (TPSA) is 54.5 Å². The average Bonchev–Trinajstić information content (AvgIpc) is 3.27. The zero-order valence-electron chi connectivity index (χ0n) is 18.0. The van der Waals surface area contributed by atoms with E-state index in [0.717, 1.165) is 50.0 Å². The van der Waals surface area contributed by atoms with Gasteiger partial charge in [-0.3, -0.25) is 14.7 Å². The molecule has 2 aliphatic heterocycles. The zero-order chi connectivity index (χ0) is 20.8. The number of hydrogen-bond donors (Lipinski definition) is 1. The summed E-state index contributed by atoms with van der Waals surface area (Å²) < 4.78 is 5.61. The Balaban J connectivity index is 1.44. The first kappa shape index (κ1) is 21.0. The molecular weight excluding hydrogens is 374 g/mol. The third-order valence-electron chi connectivity index (χ3n) is 6.83. The van der Waals surface area contributed by atoms with Gasteiger partial charge in [0.1, 0.15) is 0 Å². The Morgan fingerprint density at radius 3 is 2.70 bits per heavy atom. The van der Waals surface area contributed by atoms with E-state index in [1.54, 1.807) is 6.20 Å². The third kappa shape index (κ3) is 4.73. The van der Waals surface area contributed by atoms with E-state index in [4.69, 9.17) is 4.74 Å². The van der Waals surface area contributed by atoms with Gasteiger partial charge >= 0.3 is 0 Å². The second-order valence-corrected chi connectivity index (χ2v) is 8.64. The number of nitrogens with one attached hydrogen (secondary N) is 1. The van der Waals surface area contributed by atoms with Gasteiger partial charge in [0.05, 0.1) is 5.41 Å². The molecule has 5 nitrogen and oxygen atoms in total. The van der Waals surface area contributed by atoms with Gasteiger partial charge < -0.3 is 10.1 Å². The summed E-state index contributed by atoms with van der Waals surface area (Å²) in [6.07, 6.45) is 8.41. The monoisotopic (exact) mass is 407 g/mol. The van der Waals surface area contributed by atoms with Gasteiger partial charge in [0.25, 0.3) is 0 Å². The number of rotatable bonds is 7. The van der Waals surface area contributed by atoms with Crippen LogP contribution in [0, 0.1) is 5.41 Å². The number of pyridine rings is 1. The Hall–Kier alpha value is -2.24. The molecule has 2 aromatic rings. The molecule has 0 spiro atoms. The molecule has 1 atom stereocenters. The first-order chi connectivity index (χ1) is 14.7. The van der Waals surface area contributed by atoms with E-state index in [0.29, 0.717) is 19.3 Å². The minimum Gasteiger partial charge on any atom is -0.381 e. The van der Waals surface area contributed by atoms with Gasteiger partial charge in [0.15, 0.2) is 0 Å². The van der Waals surface area contributed by atoms with Gasteiger partial charge in [-0.05, 0) is 68.0 Å². The lowest BCUT2D eigenvalue weighted by Gasteiger charge is -2.36. The Morgan fingerprint density at radius 1 is 1.20 bits per heavy atom. The minimum atomic E-state index is -0.371. The lowest BCUT2D eigenvalue weighted by atomic mass is 9.74. The van der Waals surface area contributed by atoms with Gasteiger partial charge in [-0.25, -0.2) is 0 Å². The molecule has 5 heteroatoms. The number of hydrogen-bond acceptors (Lipinski definition) is 4. The number of likely N-dealkylation sites (tertiary alicyclic amines) is 1. The summed E-state index contributed by atoms with van der Waals surface area (Å²) in [6, 6.07) is 13.1. The van der Waals surface area contributed by atoms with Gasteiger partial charge in [-0.1, -0.05) is 37.3 Å². The molecule has 0 unspecified atom stereocenters. The van der Waals surface area contributed by atoms with E-state index in [9.17, 15) is 4.79 Å². The van der Waals surface area contributed by atoms with Crippen molar-refractivity contribution in [3.8, 4) is 11.1 Å². The standard InChI is InChI=1S/C25H33N3O2/c1-2-28-14-4-6-23(28)19-27-24(29)25(11-15-30-16-12-25)17-20-7-9-21(10-8-20)22-5-3-13-26-18-22/h3,5,7-10,13,18,23H,2,4,6,11-12,14-17,19H2,1H3,(H,27,29)/t23-/m1/s1. The highest BCUT2D eigenvalue weighted by Gasteiger charge is 2.40. The molecule has 1 N–H and O–H groups in total. The highest BCUT2D eigenvalue weighted by Crippen LogP contribution is 2.35. The van der Waals surface area contributed by atoms with Crippen molar-refractivity contribution in [2.24, 2.45) is 5.41 Å². The van der Waals surface area contributed by atoms with Crippen LogP contribution in [0.2, 0.25) is 0 Å². The van der Waals surface area contributed by atoms with Crippen LogP contribution in [0.5, 0.6) is 0 Å². The number of ether oxygens (including phenoxy) is 1. The van der Waals surface area contributed by atoms with Crippen molar-refractivity contribution in [1.82, 2.24) is 15.2 Å². The number of carbonyl (C=O) groups excluding carboxylic acids is 1. The molecule has 0 saturated carbocycles. The van der Waals surface area contributed by atoms with Crippen LogP contribution in [0.1, 0.15) is 38.2 Å². The summed E-state index contributed by atoms with van der Waals surface area (Å²) in [6.45, 7) is 6.49. The predicted octanol–water partition coefficient (Wildman–Crippen LogP) is 3.69. The lowest BCUT2D eigenvalue weighted by Crippen LogP contribution is -2.49. The first-order valence-electron chi connectivity index (χ1n) is 11.3. The summed E-state index contributed by atoms with van der Waals surface area (Å²) in [5.74, 6) is 0.199. The van der Waals surface area contributed by atoms with Crippen LogP contribution in [0.15, 0.2) is 48.8 Å². The number of amides is 1. The fourth-order valence-electron chi connectivity index (χ4n) is 4.93.